The van der Waals surface area contributed by atoms with Gasteiger partial charge in [0.1, 0.15) is 0 Å². The number of aromatic nitrogens is 2. The standard InChI is InChI=1S/C40H42Cl2N6O4/c1-51-39-26-15-16-48(21-25-11-14-35(50)45-25)20-23(26)18-33(46-39)30-8-4-6-28(38(30)42)27-5-3-7-29(37(27)41)32-17-22-9-12-31(36(22)40(47-32)52-2)43-19-24-10-13-34(49)44-24/h3-8,17-18,24-25,31,43H,9-16,19-21H2,1-2H3,(H,44,49)(H,45,50)/t24-,25?,31-/m0/s1. The van der Waals surface area contributed by atoms with Crippen LogP contribution in [-0.2, 0) is 29.0 Å². The number of amides is 2. The minimum atomic E-state index is 0.0984. The first kappa shape index (κ1) is 34.8. The number of halogens is 2. The van der Waals surface area contributed by atoms with Crippen molar-refractivity contribution in [1.29, 1.82) is 0 Å². The fraction of sp³-hybridized carbons (Fsp3) is 0.400. The van der Waals surface area contributed by atoms with E-state index in [9.17, 15) is 9.59 Å². The Morgan fingerprint density at radius 1 is 0.769 bits per heavy atom. The van der Waals surface area contributed by atoms with E-state index in [2.05, 4.69) is 33.0 Å². The summed E-state index contributed by atoms with van der Waals surface area (Å²) in [5.74, 6) is 1.44. The molecular formula is C40H42Cl2N6O4. The minimum absolute atomic E-state index is 0.0984. The molecule has 2 amide bonds. The van der Waals surface area contributed by atoms with Crippen LogP contribution in [0.25, 0.3) is 33.6 Å². The summed E-state index contributed by atoms with van der Waals surface area (Å²) in [5, 5.41) is 10.9. The number of carbonyl (C=O) groups excluding carboxylic acids is 2. The number of methoxy groups -OCH3 is 2. The van der Waals surface area contributed by atoms with Gasteiger partial charge in [0.15, 0.2) is 0 Å². The quantitative estimate of drug-likeness (QED) is 0.174. The summed E-state index contributed by atoms with van der Waals surface area (Å²) in [6, 6.07) is 16.5. The Kier molecular flexibility index (Phi) is 9.82. The van der Waals surface area contributed by atoms with E-state index in [-0.39, 0.29) is 29.9 Å². The van der Waals surface area contributed by atoms with Gasteiger partial charge in [-0.2, -0.15) is 0 Å². The molecule has 1 unspecified atom stereocenters. The number of benzene rings is 2. The van der Waals surface area contributed by atoms with Crippen molar-refractivity contribution in [2.75, 3.05) is 33.9 Å². The number of nitrogens with zero attached hydrogens (tertiary/aromatic N) is 3. The first-order chi connectivity index (χ1) is 25.3. The molecule has 1 aliphatic carbocycles. The highest BCUT2D eigenvalue weighted by Gasteiger charge is 2.31. The van der Waals surface area contributed by atoms with Gasteiger partial charge in [-0.05, 0) is 55.4 Å². The average molecular weight is 742 g/mol. The lowest BCUT2D eigenvalue weighted by Gasteiger charge is -2.31. The molecule has 3 aliphatic heterocycles. The molecule has 3 atom stereocenters. The van der Waals surface area contributed by atoms with E-state index in [0.717, 1.165) is 102 Å². The number of aryl methyl sites for hydroxylation is 1. The molecule has 5 heterocycles. The Labute approximate surface area is 313 Å². The van der Waals surface area contributed by atoms with Gasteiger partial charge in [-0.25, -0.2) is 9.97 Å². The van der Waals surface area contributed by atoms with Gasteiger partial charge < -0.3 is 25.4 Å². The summed E-state index contributed by atoms with van der Waals surface area (Å²) in [6.07, 6.45) is 5.53. The average Bonchev–Trinajstić information content (AvgIpc) is 3.89. The highest BCUT2D eigenvalue weighted by atomic mass is 35.5. The zero-order valence-electron chi connectivity index (χ0n) is 29.4. The second kappa shape index (κ2) is 14.7. The fourth-order valence-electron chi connectivity index (χ4n) is 8.28. The molecule has 0 bridgehead atoms. The van der Waals surface area contributed by atoms with E-state index in [0.29, 0.717) is 41.2 Å². The first-order valence-corrected chi connectivity index (χ1v) is 18.8. The van der Waals surface area contributed by atoms with Crippen molar-refractivity contribution in [3.05, 3.63) is 80.8 Å². The van der Waals surface area contributed by atoms with Gasteiger partial charge in [0.25, 0.3) is 0 Å². The maximum Gasteiger partial charge on any atom is 0.220 e. The van der Waals surface area contributed by atoms with E-state index < -0.39 is 0 Å². The van der Waals surface area contributed by atoms with Crippen molar-refractivity contribution in [2.45, 2.75) is 69.6 Å². The van der Waals surface area contributed by atoms with E-state index in [4.69, 9.17) is 42.6 Å². The monoisotopic (exact) mass is 740 g/mol. The predicted octanol–water partition coefficient (Wildman–Crippen LogP) is 6.29. The molecule has 2 saturated heterocycles. The molecule has 52 heavy (non-hydrogen) atoms. The third kappa shape index (κ3) is 6.73. The van der Waals surface area contributed by atoms with Crippen molar-refractivity contribution in [3.63, 3.8) is 0 Å². The van der Waals surface area contributed by atoms with Crippen LogP contribution in [-0.4, -0.2) is 72.6 Å². The number of hydrogen-bond donors (Lipinski definition) is 3. The third-order valence-electron chi connectivity index (χ3n) is 10.9. The van der Waals surface area contributed by atoms with Crippen molar-refractivity contribution in [1.82, 2.24) is 30.8 Å². The van der Waals surface area contributed by atoms with E-state index >= 15 is 0 Å². The lowest BCUT2D eigenvalue weighted by atomic mass is 9.95. The van der Waals surface area contributed by atoms with Crippen LogP contribution in [0.15, 0.2) is 48.5 Å². The van der Waals surface area contributed by atoms with Crippen LogP contribution in [0.4, 0.5) is 0 Å². The van der Waals surface area contributed by atoms with Crippen LogP contribution in [0, 0.1) is 0 Å². The lowest BCUT2D eigenvalue weighted by Crippen LogP contribution is -2.41. The fourth-order valence-corrected chi connectivity index (χ4v) is 8.93. The molecule has 0 saturated carbocycles. The van der Waals surface area contributed by atoms with E-state index in [1.807, 2.05) is 36.4 Å². The van der Waals surface area contributed by atoms with Crippen molar-refractivity contribution < 1.29 is 19.1 Å². The molecule has 270 valence electrons. The molecule has 2 fully saturated rings. The van der Waals surface area contributed by atoms with E-state index in [1.54, 1.807) is 14.2 Å². The molecule has 0 spiro atoms. The van der Waals surface area contributed by atoms with Gasteiger partial charge in [0.2, 0.25) is 23.6 Å². The SMILES string of the molecule is COc1nc(-c2cccc(-c3cccc(-c4cc5c(c(OC)n4)[C@@H](NC[C@@H]4CCC(=O)N4)CC5)c3Cl)c2Cl)cc2c1CCN(CC1CCC(=O)N1)C2. The van der Waals surface area contributed by atoms with Crippen molar-refractivity contribution in [2.24, 2.45) is 0 Å². The van der Waals surface area contributed by atoms with Crippen LogP contribution in [0.1, 0.15) is 60.4 Å². The predicted molar refractivity (Wildman–Crippen MR) is 202 cm³/mol. The van der Waals surface area contributed by atoms with Gasteiger partial charge in [0, 0.05) is 90.5 Å². The first-order valence-electron chi connectivity index (χ1n) is 18.1. The second-order valence-corrected chi connectivity index (χ2v) is 14.9. The molecule has 8 rings (SSSR count). The van der Waals surface area contributed by atoms with Crippen LogP contribution in [0.5, 0.6) is 11.8 Å². The zero-order valence-corrected chi connectivity index (χ0v) is 30.9. The maximum absolute atomic E-state index is 11.8. The Morgan fingerprint density at radius 3 is 1.98 bits per heavy atom. The minimum Gasteiger partial charge on any atom is -0.481 e. The van der Waals surface area contributed by atoms with Gasteiger partial charge in [-0.3, -0.25) is 14.5 Å². The molecule has 12 heteroatoms. The number of hydrogen-bond acceptors (Lipinski definition) is 8. The number of nitrogens with one attached hydrogen (secondary N) is 3. The van der Waals surface area contributed by atoms with E-state index in [1.165, 1.54) is 5.56 Å². The number of ether oxygens (including phenoxy) is 2. The largest absolute Gasteiger partial charge is 0.481 e. The molecule has 0 radical (unpaired) electrons. The molecule has 4 aromatic rings. The topological polar surface area (TPSA) is 118 Å². The van der Waals surface area contributed by atoms with Gasteiger partial charge in [0.05, 0.1) is 35.7 Å². The summed E-state index contributed by atoms with van der Waals surface area (Å²) in [5.41, 5.74) is 9.14. The summed E-state index contributed by atoms with van der Waals surface area (Å²) in [4.78, 5) is 35.8. The summed E-state index contributed by atoms with van der Waals surface area (Å²) in [6.45, 7) is 3.15. The Balaban J connectivity index is 1.08. The van der Waals surface area contributed by atoms with Crippen molar-refractivity contribution >= 4 is 35.0 Å². The van der Waals surface area contributed by atoms with Crippen molar-refractivity contribution in [3.8, 4) is 45.4 Å². The van der Waals surface area contributed by atoms with Gasteiger partial charge >= 0.3 is 0 Å². The molecule has 3 N–H and O–H groups in total. The summed E-state index contributed by atoms with van der Waals surface area (Å²) >= 11 is 14.5. The Hall–Kier alpha value is -4.22. The number of carbonyl (C=O) groups is 2. The summed E-state index contributed by atoms with van der Waals surface area (Å²) < 4.78 is 11.7. The molecule has 2 aromatic carbocycles. The zero-order chi connectivity index (χ0) is 35.9. The second-order valence-electron chi connectivity index (χ2n) is 14.2. The third-order valence-corrected chi connectivity index (χ3v) is 11.7. The normalized spacial score (nSPS) is 21.1. The molecule has 2 aromatic heterocycles. The Bertz CT molecular complexity index is 2060. The molecular weight excluding hydrogens is 699 g/mol. The number of fused-ring (bicyclic) bond motifs is 2. The number of pyridine rings is 2. The molecule has 10 nitrogen and oxygen atoms in total. The molecule has 4 aliphatic rings. The Morgan fingerprint density at radius 2 is 1.37 bits per heavy atom. The van der Waals surface area contributed by atoms with Crippen LogP contribution < -0.4 is 25.4 Å². The highest BCUT2D eigenvalue weighted by Crippen LogP contribution is 2.45. The highest BCUT2D eigenvalue weighted by molar-refractivity contribution is 6.39. The summed E-state index contributed by atoms with van der Waals surface area (Å²) in [7, 11) is 3.31. The maximum atomic E-state index is 11.8. The van der Waals surface area contributed by atoms with Crippen LogP contribution >= 0.6 is 23.2 Å². The van der Waals surface area contributed by atoms with Crippen LogP contribution in [0.3, 0.4) is 0 Å². The number of rotatable bonds is 10. The lowest BCUT2D eigenvalue weighted by molar-refractivity contribution is -0.120. The van der Waals surface area contributed by atoms with Gasteiger partial charge in [-0.1, -0.05) is 59.6 Å². The smallest absolute Gasteiger partial charge is 0.220 e. The van der Waals surface area contributed by atoms with Crippen LogP contribution in [0.2, 0.25) is 10.0 Å². The van der Waals surface area contributed by atoms with Gasteiger partial charge in [-0.15, -0.1) is 0 Å².